The minimum atomic E-state index is -0.616. The van der Waals surface area contributed by atoms with Gasteiger partial charge in [0.2, 0.25) is 5.75 Å². The van der Waals surface area contributed by atoms with Gasteiger partial charge < -0.3 is 15.6 Å². The van der Waals surface area contributed by atoms with Crippen LogP contribution in [0.5, 0.6) is 11.5 Å². The van der Waals surface area contributed by atoms with Gasteiger partial charge in [0.05, 0.1) is 12.0 Å². The van der Waals surface area contributed by atoms with Crippen LogP contribution >= 0.6 is 0 Å². The van der Waals surface area contributed by atoms with Crippen molar-refractivity contribution >= 4 is 5.69 Å². The number of phenolic OH excluding ortho intramolecular Hbond substituents is 1. The van der Waals surface area contributed by atoms with Gasteiger partial charge in [0, 0.05) is 12.1 Å². The van der Waals surface area contributed by atoms with Crippen LogP contribution in [0, 0.1) is 16.0 Å². The van der Waals surface area contributed by atoms with Crippen LogP contribution in [0.2, 0.25) is 0 Å². The summed E-state index contributed by atoms with van der Waals surface area (Å²) in [4.78, 5) is 10.4. The first-order valence-corrected chi connectivity index (χ1v) is 6.85. The topological polar surface area (TPSA) is 98.6 Å². The summed E-state index contributed by atoms with van der Waals surface area (Å²) >= 11 is 0. The average molecular weight is 280 g/mol. The molecule has 0 amide bonds. The predicted molar refractivity (Wildman–Crippen MR) is 74.8 cm³/mol. The van der Waals surface area contributed by atoms with Crippen molar-refractivity contribution in [3.63, 3.8) is 0 Å². The maximum atomic E-state index is 11.0. The highest BCUT2D eigenvalue weighted by atomic mass is 16.6. The van der Waals surface area contributed by atoms with Gasteiger partial charge in [-0.3, -0.25) is 10.1 Å². The molecule has 0 aromatic heterocycles. The van der Waals surface area contributed by atoms with Crippen LogP contribution in [0.4, 0.5) is 5.69 Å². The van der Waals surface area contributed by atoms with Gasteiger partial charge in [0.15, 0.2) is 5.75 Å². The summed E-state index contributed by atoms with van der Waals surface area (Å²) in [7, 11) is 1.37. The Bertz CT molecular complexity index is 498. The molecular formula is C14H20N2O4. The van der Waals surface area contributed by atoms with Gasteiger partial charge in [-0.15, -0.1) is 0 Å². The predicted octanol–water partition coefficient (Wildman–Crippen LogP) is 2.89. The monoisotopic (exact) mass is 280 g/mol. The van der Waals surface area contributed by atoms with Gasteiger partial charge in [-0.1, -0.05) is 19.3 Å². The first kappa shape index (κ1) is 14.6. The Kier molecular flexibility index (Phi) is 4.44. The van der Waals surface area contributed by atoms with Crippen molar-refractivity contribution < 1.29 is 14.8 Å². The number of ether oxygens (including phenoxy) is 1. The second-order valence-electron chi connectivity index (χ2n) is 5.27. The second-order valence-corrected chi connectivity index (χ2v) is 5.27. The standard InChI is InChI=1S/C14H20N2O4/c1-20-12-8-10(7-11(14(12)17)16(18)19)13(15)9-5-3-2-4-6-9/h7-9,13,17H,2-6,15H2,1H3/t13-/m1/s1. The molecule has 6 heteroatoms. The van der Waals surface area contributed by atoms with Crippen molar-refractivity contribution in [1.29, 1.82) is 0 Å². The summed E-state index contributed by atoms with van der Waals surface area (Å²) < 4.78 is 5.00. The third kappa shape index (κ3) is 2.85. The molecule has 0 bridgehead atoms. The number of nitro benzene ring substituents is 1. The summed E-state index contributed by atoms with van der Waals surface area (Å²) in [5, 5.41) is 20.8. The number of aromatic hydroxyl groups is 1. The number of nitrogens with two attached hydrogens (primary N) is 1. The Labute approximate surface area is 117 Å². The highest BCUT2D eigenvalue weighted by Gasteiger charge is 2.26. The molecule has 3 N–H and O–H groups in total. The molecule has 0 heterocycles. The molecule has 20 heavy (non-hydrogen) atoms. The fraction of sp³-hybridized carbons (Fsp3) is 0.571. The fourth-order valence-electron chi connectivity index (χ4n) is 2.87. The SMILES string of the molecule is COc1cc([C@H](N)C2CCCCC2)cc([N+](=O)[O-])c1O. The number of phenols is 1. The Balaban J connectivity index is 2.35. The van der Waals surface area contributed by atoms with Crippen LogP contribution in [0.1, 0.15) is 43.7 Å². The van der Waals surface area contributed by atoms with Crippen LogP contribution in [-0.4, -0.2) is 17.1 Å². The molecule has 6 nitrogen and oxygen atoms in total. The minimum absolute atomic E-state index is 0.0976. The zero-order valence-corrected chi connectivity index (χ0v) is 11.5. The van der Waals surface area contributed by atoms with E-state index in [0.29, 0.717) is 11.5 Å². The van der Waals surface area contributed by atoms with Crippen LogP contribution in [-0.2, 0) is 0 Å². The molecule has 1 aliphatic carbocycles. The lowest BCUT2D eigenvalue weighted by molar-refractivity contribution is -0.386. The Hall–Kier alpha value is -1.82. The molecule has 0 spiro atoms. The maximum Gasteiger partial charge on any atom is 0.314 e. The fourth-order valence-corrected chi connectivity index (χ4v) is 2.87. The van der Waals surface area contributed by atoms with E-state index in [2.05, 4.69) is 0 Å². The van der Waals surface area contributed by atoms with Gasteiger partial charge in [-0.05, 0) is 30.4 Å². The van der Waals surface area contributed by atoms with E-state index >= 15 is 0 Å². The molecule has 1 aromatic rings. The lowest BCUT2D eigenvalue weighted by atomic mass is 9.81. The van der Waals surface area contributed by atoms with E-state index in [9.17, 15) is 15.2 Å². The number of methoxy groups -OCH3 is 1. The van der Waals surface area contributed by atoms with Gasteiger partial charge in [0.25, 0.3) is 0 Å². The number of benzene rings is 1. The highest BCUT2D eigenvalue weighted by Crippen LogP contribution is 2.41. The smallest absolute Gasteiger partial charge is 0.314 e. The zero-order valence-electron chi connectivity index (χ0n) is 11.5. The maximum absolute atomic E-state index is 11.0. The lowest BCUT2D eigenvalue weighted by Crippen LogP contribution is -2.23. The van der Waals surface area contributed by atoms with Crippen molar-refractivity contribution in [2.45, 2.75) is 38.1 Å². The molecule has 0 radical (unpaired) electrons. The normalized spacial score (nSPS) is 17.7. The first-order chi connectivity index (χ1) is 9.54. The van der Waals surface area contributed by atoms with E-state index in [1.54, 1.807) is 6.07 Å². The summed E-state index contributed by atoms with van der Waals surface area (Å²) in [6.45, 7) is 0. The average Bonchev–Trinajstić information content (AvgIpc) is 2.47. The number of hydrogen-bond donors (Lipinski definition) is 2. The third-order valence-electron chi connectivity index (χ3n) is 4.04. The van der Waals surface area contributed by atoms with Gasteiger partial charge in [-0.25, -0.2) is 0 Å². The molecule has 110 valence electrons. The summed E-state index contributed by atoms with van der Waals surface area (Å²) in [6, 6.07) is 2.70. The molecule has 1 atom stereocenters. The molecule has 1 aromatic carbocycles. The van der Waals surface area contributed by atoms with Crippen molar-refractivity contribution in [1.82, 2.24) is 0 Å². The molecule has 0 unspecified atom stereocenters. The Morgan fingerprint density at radius 2 is 2.05 bits per heavy atom. The first-order valence-electron chi connectivity index (χ1n) is 6.85. The van der Waals surface area contributed by atoms with Crippen molar-refractivity contribution in [2.75, 3.05) is 7.11 Å². The van der Waals surface area contributed by atoms with Gasteiger partial charge in [0.1, 0.15) is 0 Å². The highest BCUT2D eigenvalue weighted by molar-refractivity contribution is 5.57. The van der Waals surface area contributed by atoms with E-state index < -0.39 is 10.7 Å². The van der Waals surface area contributed by atoms with Crippen LogP contribution in [0.3, 0.4) is 0 Å². The van der Waals surface area contributed by atoms with Gasteiger partial charge in [-0.2, -0.15) is 0 Å². The lowest BCUT2D eigenvalue weighted by Gasteiger charge is -2.27. The van der Waals surface area contributed by atoms with E-state index in [1.165, 1.54) is 19.6 Å². The Morgan fingerprint density at radius 1 is 1.40 bits per heavy atom. The summed E-state index contributed by atoms with van der Waals surface area (Å²) in [5.41, 5.74) is 6.55. The molecular weight excluding hydrogens is 260 g/mol. The van der Waals surface area contributed by atoms with E-state index in [0.717, 1.165) is 25.7 Å². The molecule has 1 fully saturated rings. The quantitative estimate of drug-likeness (QED) is 0.652. The van der Waals surface area contributed by atoms with Crippen LogP contribution in [0.15, 0.2) is 12.1 Å². The molecule has 1 aliphatic rings. The van der Waals surface area contributed by atoms with Crippen molar-refractivity contribution in [3.05, 3.63) is 27.8 Å². The van der Waals surface area contributed by atoms with E-state index in [-0.39, 0.29) is 17.5 Å². The number of nitro groups is 1. The minimum Gasteiger partial charge on any atom is -0.500 e. The number of hydrogen-bond acceptors (Lipinski definition) is 5. The molecule has 0 saturated heterocycles. The summed E-state index contributed by atoms with van der Waals surface area (Å²) in [6.07, 6.45) is 5.60. The summed E-state index contributed by atoms with van der Waals surface area (Å²) in [5.74, 6) is -0.0184. The van der Waals surface area contributed by atoms with Gasteiger partial charge >= 0.3 is 5.69 Å². The number of nitrogens with zero attached hydrogens (tertiary/aromatic N) is 1. The number of rotatable bonds is 4. The van der Waals surface area contributed by atoms with E-state index in [4.69, 9.17) is 10.5 Å². The second kappa shape index (κ2) is 6.09. The van der Waals surface area contributed by atoms with Crippen LogP contribution in [0.25, 0.3) is 0 Å². The molecule has 2 rings (SSSR count). The largest absolute Gasteiger partial charge is 0.500 e. The van der Waals surface area contributed by atoms with Crippen molar-refractivity contribution in [2.24, 2.45) is 11.7 Å². The van der Waals surface area contributed by atoms with Crippen molar-refractivity contribution in [3.8, 4) is 11.5 Å². The molecule has 1 saturated carbocycles. The Morgan fingerprint density at radius 3 is 2.60 bits per heavy atom. The van der Waals surface area contributed by atoms with Crippen LogP contribution < -0.4 is 10.5 Å². The molecule has 0 aliphatic heterocycles. The third-order valence-corrected chi connectivity index (χ3v) is 4.04. The zero-order chi connectivity index (χ0) is 14.7. The van der Waals surface area contributed by atoms with E-state index in [1.807, 2.05) is 0 Å².